The van der Waals surface area contributed by atoms with E-state index >= 15 is 0 Å². The van der Waals surface area contributed by atoms with Gasteiger partial charge in [-0.3, -0.25) is 0 Å². The van der Waals surface area contributed by atoms with Gasteiger partial charge in [-0.1, -0.05) is 26.0 Å². The molecule has 0 amide bonds. The van der Waals surface area contributed by atoms with Crippen LogP contribution in [0.1, 0.15) is 66.2 Å². The Morgan fingerprint density at radius 3 is 2.58 bits per heavy atom. The van der Waals surface area contributed by atoms with Crippen molar-refractivity contribution in [2.45, 2.75) is 66.2 Å². The van der Waals surface area contributed by atoms with Gasteiger partial charge < -0.3 is 0 Å². The lowest BCUT2D eigenvalue weighted by Gasteiger charge is -2.61. The minimum atomic E-state index is -0.287. The fourth-order valence-electron chi connectivity index (χ4n) is 6.59. The van der Waals surface area contributed by atoms with Gasteiger partial charge in [-0.25, -0.2) is 0 Å². The monoisotopic (exact) mass is 324 g/mol. The van der Waals surface area contributed by atoms with E-state index in [1.54, 1.807) is 0 Å². The van der Waals surface area contributed by atoms with E-state index in [-0.39, 0.29) is 10.8 Å². The highest BCUT2D eigenvalue weighted by Gasteiger charge is 2.60. The molecule has 3 fully saturated rings. The highest BCUT2D eigenvalue weighted by Crippen LogP contribution is 2.65. The molecule has 0 aromatic carbocycles. The smallest absolute Gasteiger partial charge is 0.0695 e. The molecule has 0 N–H and O–H groups in total. The Morgan fingerprint density at radius 2 is 1.96 bits per heavy atom. The van der Waals surface area contributed by atoms with E-state index in [2.05, 4.69) is 46.4 Å². The molecule has 0 radical (unpaired) electrons. The molecule has 0 heterocycles. The van der Waals surface area contributed by atoms with Crippen molar-refractivity contribution in [3.63, 3.8) is 0 Å². The molecule has 0 saturated heterocycles. The van der Waals surface area contributed by atoms with Crippen molar-refractivity contribution in [2.75, 3.05) is 0 Å². The summed E-state index contributed by atoms with van der Waals surface area (Å²) in [6.45, 7) is 13.3. The van der Waals surface area contributed by atoms with Crippen molar-refractivity contribution in [1.82, 2.24) is 0 Å². The van der Waals surface area contributed by atoms with Gasteiger partial charge in [0.1, 0.15) is 0 Å². The predicted octanol–water partition coefficient (Wildman–Crippen LogP) is 5.72. The Bertz CT molecular complexity index is 604. The number of nitriles is 2. The van der Waals surface area contributed by atoms with Crippen LogP contribution < -0.4 is 0 Å². The third-order valence-corrected chi connectivity index (χ3v) is 7.78. The van der Waals surface area contributed by atoms with E-state index in [1.807, 2.05) is 0 Å². The topological polar surface area (TPSA) is 47.6 Å². The zero-order valence-corrected chi connectivity index (χ0v) is 15.8. The summed E-state index contributed by atoms with van der Waals surface area (Å²) in [6.07, 6.45) is 6.62. The number of nitrogens with zero attached hydrogens (tertiary/aromatic N) is 2. The van der Waals surface area contributed by atoms with Gasteiger partial charge in [-0.05, 0) is 87.9 Å². The summed E-state index contributed by atoms with van der Waals surface area (Å²) in [6, 6.07) is 5.33. The Kier molecular flexibility index (Phi) is 4.32. The maximum atomic E-state index is 10.2. The summed E-state index contributed by atoms with van der Waals surface area (Å²) >= 11 is 0. The Balaban J connectivity index is 2.03. The van der Waals surface area contributed by atoms with Gasteiger partial charge >= 0.3 is 0 Å². The van der Waals surface area contributed by atoms with Crippen molar-refractivity contribution in [3.8, 4) is 12.1 Å². The van der Waals surface area contributed by atoms with Crippen LogP contribution in [0.3, 0.4) is 0 Å². The molecule has 0 unspecified atom stereocenters. The Hall–Kier alpha value is -1.28. The molecule has 0 bridgehead atoms. The lowest BCUT2D eigenvalue weighted by Crippen LogP contribution is -2.56. The van der Waals surface area contributed by atoms with Crippen molar-refractivity contribution < 1.29 is 0 Å². The minimum Gasteiger partial charge on any atom is -0.198 e. The average Bonchev–Trinajstić information content (AvgIpc) is 2.54. The van der Waals surface area contributed by atoms with Gasteiger partial charge in [0, 0.05) is 0 Å². The van der Waals surface area contributed by atoms with Crippen LogP contribution in [0, 0.1) is 69.0 Å². The van der Waals surface area contributed by atoms with Gasteiger partial charge in [-0.15, -0.1) is 0 Å². The molecule has 2 heteroatoms. The molecule has 3 saturated carbocycles. The van der Waals surface area contributed by atoms with Crippen LogP contribution in [0.2, 0.25) is 0 Å². The van der Waals surface area contributed by atoms with Crippen LogP contribution in [0.15, 0.2) is 12.2 Å². The van der Waals surface area contributed by atoms with E-state index in [4.69, 9.17) is 0 Å². The fourth-order valence-corrected chi connectivity index (χ4v) is 6.59. The van der Waals surface area contributed by atoms with Crippen molar-refractivity contribution in [3.05, 3.63) is 12.2 Å². The first-order valence-corrected chi connectivity index (χ1v) is 9.76. The van der Waals surface area contributed by atoms with E-state index < -0.39 is 0 Å². The van der Waals surface area contributed by atoms with Gasteiger partial charge in [0.05, 0.1) is 23.0 Å². The van der Waals surface area contributed by atoms with Gasteiger partial charge in [0.15, 0.2) is 0 Å². The number of hydrogen-bond donors (Lipinski definition) is 0. The second-order valence-corrected chi connectivity index (χ2v) is 9.68. The summed E-state index contributed by atoms with van der Waals surface area (Å²) < 4.78 is 0. The van der Waals surface area contributed by atoms with Crippen LogP contribution >= 0.6 is 0 Å². The third-order valence-electron chi connectivity index (χ3n) is 7.78. The van der Waals surface area contributed by atoms with Crippen molar-refractivity contribution in [2.24, 2.45) is 46.3 Å². The molecule has 3 aliphatic rings. The summed E-state index contributed by atoms with van der Waals surface area (Å²) in [5, 5.41) is 19.7. The molecule has 3 aliphatic carbocycles. The molecule has 24 heavy (non-hydrogen) atoms. The first kappa shape index (κ1) is 17.5. The highest BCUT2D eigenvalue weighted by molar-refractivity contribution is 5.24. The molecular formula is C22H32N2. The second kappa shape index (κ2) is 5.91. The molecule has 130 valence electrons. The van der Waals surface area contributed by atoms with E-state index in [0.29, 0.717) is 35.5 Å². The maximum Gasteiger partial charge on any atom is 0.0695 e. The molecular weight excluding hydrogens is 292 g/mol. The normalized spacial score (nSPS) is 45.0. The van der Waals surface area contributed by atoms with Crippen LogP contribution in [0.5, 0.6) is 0 Å². The zero-order chi connectivity index (χ0) is 17.7. The molecule has 0 spiro atoms. The average molecular weight is 325 g/mol. The lowest BCUT2D eigenvalue weighted by molar-refractivity contribution is -0.0908. The van der Waals surface area contributed by atoms with E-state index in [0.717, 1.165) is 19.3 Å². The van der Waals surface area contributed by atoms with Crippen LogP contribution in [0.4, 0.5) is 0 Å². The summed E-state index contributed by atoms with van der Waals surface area (Å²) in [5.41, 5.74) is 0.929. The fraction of sp³-hybridized carbons (Fsp3) is 0.818. The Labute approximate surface area is 147 Å². The SMILES string of the molecule is C=C1CC[C@@]2(C#N)[C@H]3[C@H](CC[C@@H]2C)[C@@H](C)C[C@@H](CC(C)(C)C#N)[C@H]13. The summed E-state index contributed by atoms with van der Waals surface area (Å²) in [4.78, 5) is 0. The van der Waals surface area contributed by atoms with Gasteiger partial charge in [0.2, 0.25) is 0 Å². The lowest BCUT2D eigenvalue weighted by atomic mass is 9.42. The van der Waals surface area contributed by atoms with Crippen LogP contribution in [-0.4, -0.2) is 0 Å². The zero-order valence-electron chi connectivity index (χ0n) is 15.8. The second-order valence-electron chi connectivity index (χ2n) is 9.68. The molecule has 7 atom stereocenters. The first-order valence-electron chi connectivity index (χ1n) is 9.76. The molecule has 0 aromatic heterocycles. The molecule has 0 aliphatic heterocycles. The van der Waals surface area contributed by atoms with Gasteiger partial charge in [0.25, 0.3) is 0 Å². The predicted molar refractivity (Wildman–Crippen MR) is 96.6 cm³/mol. The number of rotatable bonds is 2. The van der Waals surface area contributed by atoms with Crippen LogP contribution in [0.25, 0.3) is 0 Å². The van der Waals surface area contributed by atoms with Crippen molar-refractivity contribution in [1.29, 1.82) is 10.5 Å². The largest absolute Gasteiger partial charge is 0.198 e. The van der Waals surface area contributed by atoms with E-state index in [9.17, 15) is 10.5 Å². The first-order chi connectivity index (χ1) is 11.3. The van der Waals surface area contributed by atoms with Crippen molar-refractivity contribution >= 4 is 0 Å². The summed E-state index contributed by atoms with van der Waals surface area (Å²) in [5.74, 6) is 3.27. The quantitative estimate of drug-likeness (QED) is 0.610. The molecule has 2 nitrogen and oxygen atoms in total. The number of allylic oxidation sites excluding steroid dienone is 1. The Morgan fingerprint density at radius 1 is 1.25 bits per heavy atom. The third kappa shape index (κ3) is 2.50. The molecule has 3 rings (SSSR count). The maximum absolute atomic E-state index is 10.2. The standard InChI is InChI=1S/C22H32N2/c1-14-8-9-22(13-24)16(3)6-7-18-15(2)10-17(19(14)20(18)22)11-21(4,5)12-23/h15-20H,1,6-11H2,2-5H3/t15-,16-,17-,18+,19-,20-,22-/m0/s1. The molecule has 0 aromatic rings. The minimum absolute atomic E-state index is 0.154. The summed E-state index contributed by atoms with van der Waals surface area (Å²) in [7, 11) is 0. The highest BCUT2D eigenvalue weighted by atomic mass is 14.6. The van der Waals surface area contributed by atoms with E-state index in [1.165, 1.54) is 24.8 Å². The van der Waals surface area contributed by atoms with Gasteiger partial charge in [-0.2, -0.15) is 10.5 Å². The van der Waals surface area contributed by atoms with Crippen LogP contribution in [-0.2, 0) is 0 Å². The number of hydrogen-bond acceptors (Lipinski definition) is 2.